The van der Waals surface area contributed by atoms with Crippen LogP contribution in [0.4, 0.5) is 0 Å². The second kappa shape index (κ2) is 5.23. The molecule has 132 valence electrons. The number of rotatable bonds is 1. The van der Waals surface area contributed by atoms with Crippen molar-refractivity contribution in [3.8, 4) is 5.75 Å². The lowest BCUT2D eigenvalue weighted by Gasteiger charge is -2.37. The molecule has 0 spiro atoms. The molecule has 0 saturated heterocycles. The number of aromatic hydroxyl groups is 1. The average molecular weight is 354 g/mol. The van der Waals surface area contributed by atoms with Gasteiger partial charge < -0.3 is 20.1 Å². The van der Waals surface area contributed by atoms with E-state index in [4.69, 9.17) is 4.74 Å². The van der Waals surface area contributed by atoms with Crippen LogP contribution in [0.15, 0.2) is 41.5 Å². The summed E-state index contributed by atoms with van der Waals surface area (Å²) in [6, 6.07) is 8.21. The number of carboxylic acid groups (broad SMARTS) is 1. The Balaban J connectivity index is 1.97. The monoisotopic (exact) mass is 354 g/mol. The fraction of sp³-hybridized carbons (Fsp3) is 0.211. The van der Waals surface area contributed by atoms with Crippen LogP contribution in [0.5, 0.6) is 5.75 Å². The minimum absolute atomic E-state index is 0.00760. The lowest BCUT2D eigenvalue weighted by atomic mass is 9.76. The van der Waals surface area contributed by atoms with Gasteiger partial charge >= 0.3 is 5.97 Å². The van der Waals surface area contributed by atoms with E-state index in [9.17, 15) is 29.7 Å². The van der Waals surface area contributed by atoms with Crippen LogP contribution >= 0.6 is 0 Å². The lowest BCUT2D eigenvalue weighted by molar-refractivity contribution is -0.195. The van der Waals surface area contributed by atoms with Crippen LogP contribution < -0.4 is 0 Å². The molecule has 2 aromatic rings. The van der Waals surface area contributed by atoms with Gasteiger partial charge in [-0.25, -0.2) is 4.79 Å². The quantitative estimate of drug-likeness (QED) is 0.714. The van der Waals surface area contributed by atoms with E-state index in [2.05, 4.69) is 0 Å². The first-order valence-electron chi connectivity index (χ1n) is 7.91. The molecular formula is C19H14O7. The number of carboxylic acids is 1. The second-order valence-electron chi connectivity index (χ2n) is 6.60. The molecule has 0 amide bonds. The van der Waals surface area contributed by atoms with Gasteiger partial charge in [-0.3, -0.25) is 9.59 Å². The Labute approximate surface area is 147 Å². The fourth-order valence-corrected chi connectivity index (χ4v) is 3.54. The molecule has 0 fully saturated rings. The number of ketones is 2. The number of hydrogen-bond donors (Lipinski definition) is 3. The van der Waals surface area contributed by atoms with Gasteiger partial charge in [0.15, 0.2) is 23.5 Å². The van der Waals surface area contributed by atoms with E-state index in [1.165, 1.54) is 13.0 Å². The summed E-state index contributed by atoms with van der Waals surface area (Å²) in [6.07, 6.45) is -2.22. The minimum Gasteiger partial charge on any atom is -0.507 e. The van der Waals surface area contributed by atoms with Gasteiger partial charge in [-0.1, -0.05) is 24.3 Å². The predicted molar refractivity (Wildman–Crippen MR) is 89.0 cm³/mol. The van der Waals surface area contributed by atoms with Crippen LogP contribution in [0.1, 0.15) is 34.1 Å². The highest BCUT2D eigenvalue weighted by molar-refractivity contribution is 6.30. The van der Waals surface area contributed by atoms with Crippen LogP contribution in [0.25, 0.3) is 10.8 Å². The zero-order chi connectivity index (χ0) is 18.8. The number of ether oxygens (including phenoxy) is 1. The average Bonchev–Trinajstić information content (AvgIpc) is 2.59. The van der Waals surface area contributed by atoms with Crippen molar-refractivity contribution in [2.75, 3.05) is 0 Å². The fourth-order valence-electron chi connectivity index (χ4n) is 3.54. The Morgan fingerprint density at radius 2 is 1.92 bits per heavy atom. The molecule has 1 aliphatic heterocycles. The van der Waals surface area contributed by atoms with E-state index in [1.807, 2.05) is 0 Å². The van der Waals surface area contributed by atoms with Crippen molar-refractivity contribution in [1.29, 1.82) is 0 Å². The molecule has 7 heteroatoms. The first-order chi connectivity index (χ1) is 12.2. The first kappa shape index (κ1) is 16.4. The summed E-state index contributed by atoms with van der Waals surface area (Å²) < 4.78 is 5.11. The molecule has 0 bridgehead atoms. The van der Waals surface area contributed by atoms with Crippen LogP contribution in [0, 0.1) is 0 Å². The van der Waals surface area contributed by atoms with E-state index < -0.39 is 29.4 Å². The van der Waals surface area contributed by atoms with Gasteiger partial charge in [0, 0.05) is 22.9 Å². The molecule has 2 aromatic carbocycles. The zero-order valence-electron chi connectivity index (χ0n) is 13.6. The summed E-state index contributed by atoms with van der Waals surface area (Å²) in [4.78, 5) is 37.3. The van der Waals surface area contributed by atoms with Crippen LogP contribution in [-0.4, -0.2) is 44.7 Å². The zero-order valence-corrected chi connectivity index (χ0v) is 13.6. The van der Waals surface area contributed by atoms with E-state index in [0.29, 0.717) is 10.8 Å². The van der Waals surface area contributed by atoms with Crippen molar-refractivity contribution >= 4 is 28.3 Å². The summed E-state index contributed by atoms with van der Waals surface area (Å²) in [5.41, 5.74) is -2.45. The van der Waals surface area contributed by atoms with Crippen molar-refractivity contribution in [1.82, 2.24) is 0 Å². The van der Waals surface area contributed by atoms with Gasteiger partial charge in [0.1, 0.15) is 5.75 Å². The maximum atomic E-state index is 13.0. The van der Waals surface area contributed by atoms with E-state index >= 15 is 0 Å². The first-order valence-corrected chi connectivity index (χ1v) is 7.91. The Hall–Kier alpha value is -3.03. The standard InChI is InChI=1S/C19H14O7/c1-19(18(24)25)7-11-13(17(23)26-19)16(22)12-10(14(11)20)6-8-4-2-3-5-9(8)15(12)21/h2-6,17,21,23H,7H2,1H3,(H,24,25). The number of aliphatic hydroxyl groups is 1. The van der Waals surface area contributed by atoms with Crippen molar-refractivity contribution < 1.29 is 34.4 Å². The van der Waals surface area contributed by atoms with Gasteiger partial charge in [-0.05, 0) is 18.4 Å². The van der Waals surface area contributed by atoms with Gasteiger partial charge in [0.05, 0.1) is 11.1 Å². The molecular weight excluding hydrogens is 340 g/mol. The SMILES string of the molecule is CC1(C(=O)O)CC2=C(C(=O)c3c(cc4ccccc4c3O)C2=O)C(O)O1. The number of aliphatic hydroxyl groups excluding tert-OH is 1. The highest BCUT2D eigenvalue weighted by atomic mass is 16.6. The molecule has 1 aliphatic carbocycles. The molecule has 0 saturated carbocycles. The maximum absolute atomic E-state index is 13.0. The molecule has 0 radical (unpaired) electrons. The third kappa shape index (κ3) is 2.04. The largest absolute Gasteiger partial charge is 0.507 e. The molecule has 3 N–H and O–H groups in total. The molecule has 26 heavy (non-hydrogen) atoms. The van der Waals surface area contributed by atoms with Gasteiger partial charge in [0.25, 0.3) is 0 Å². The number of carbonyl (C=O) groups excluding carboxylic acids is 2. The van der Waals surface area contributed by atoms with Crippen molar-refractivity contribution in [3.05, 3.63) is 52.6 Å². The summed E-state index contributed by atoms with van der Waals surface area (Å²) in [5.74, 6) is -3.03. The number of benzene rings is 2. The van der Waals surface area contributed by atoms with Crippen molar-refractivity contribution in [2.24, 2.45) is 0 Å². The predicted octanol–water partition coefficient (Wildman–Crippen LogP) is 1.80. The molecule has 2 atom stereocenters. The van der Waals surface area contributed by atoms with Gasteiger partial charge in [0.2, 0.25) is 0 Å². The number of phenols is 1. The van der Waals surface area contributed by atoms with Crippen LogP contribution in [0.3, 0.4) is 0 Å². The Kier molecular flexibility index (Phi) is 3.31. The minimum atomic E-state index is -1.87. The number of carbonyl (C=O) groups is 3. The molecule has 2 unspecified atom stereocenters. The van der Waals surface area contributed by atoms with Crippen molar-refractivity contribution in [2.45, 2.75) is 25.2 Å². The molecule has 7 nitrogen and oxygen atoms in total. The van der Waals surface area contributed by atoms with Crippen LogP contribution in [0.2, 0.25) is 0 Å². The lowest BCUT2D eigenvalue weighted by Crippen LogP contribution is -2.49. The second-order valence-corrected chi connectivity index (χ2v) is 6.60. The Morgan fingerprint density at radius 3 is 2.62 bits per heavy atom. The molecule has 1 heterocycles. The number of Topliss-reactive ketones (excluding diaryl/α,β-unsaturated/α-hetero) is 2. The third-order valence-electron chi connectivity index (χ3n) is 4.92. The van der Waals surface area contributed by atoms with Crippen LogP contribution in [-0.2, 0) is 9.53 Å². The summed E-state index contributed by atoms with van der Waals surface area (Å²) in [6.45, 7) is 1.23. The van der Waals surface area contributed by atoms with Gasteiger partial charge in [-0.15, -0.1) is 0 Å². The smallest absolute Gasteiger partial charge is 0.336 e. The number of fused-ring (bicyclic) bond motifs is 2. The van der Waals surface area contributed by atoms with Gasteiger partial charge in [-0.2, -0.15) is 0 Å². The molecule has 2 aliphatic rings. The molecule has 0 aromatic heterocycles. The highest BCUT2D eigenvalue weighted by Gasteiger charge is 2.49. The maximum Gasteiger partial charge on any atom is 0.336 e. The van der Waals surface area contributed by atoms with E-state index in [0.717, 1.165) is 0 Å². The van der Waals surface area contributed by atoms with E-state index in [1.54, 1.807) is 24.3 Å². The Morgan fingerprint density at radius 1 is 1.23 bits per heavy atom. The number of aliphatic carboxylic acids is 1. The summed E-state index contributed by atoms with van der Waals surface area (Å²) >= 11 is 0. The Bertz CT molecular complexity index is 1050. The normalized spacial score (nSPS) is 25.2. The van der Waals surface area contributed by atoms with Crippen molar-refractivity contribution in [3.63, 3.8) is 0 Å². The summed E-state index contributed by atoms with van der Waals surface area (Å²) in [5, 5.41) is 31.1. The highest BCUT2D eigenvalue weighted by Crippen LogP contribution is 2.43. The third-order valence-corrected chi connectivity index (χ3v) is 4.92. The summed E-state index contributed by atoms with van der Waals surface area (Å²) in [7, 11) is 0. The number of hydrogen-bond acceptors (Lipinski definition) is 6. The van der Waals surface area contributed by atoms with E-state index in [-0.39, 0.29) is 34.4 Å². The topological polar surface area (TPSA) is 121 Å². The molecule has 4 rings (SSSR count). The number of phenolic OH excluding ortho intramolecular Hbond substituents is 1.